The highest BCUT2D eigenvalue weighted by molar-refractivity contribution is 6.32. The zero-order chi connectivity index (χ0) is 17.0. The number of nitrogens with zero attached hydrogens (tertiary/aromatic N) is 1. The van der Waals surface area contributed by atoms with Gasteiger partial charge >= 0.3 is 5.97 Å². The predicted octanol–water partition coefficient (Wildman–Crippen LogP) is 3.49. The average Bonchev–Trinajstić information content (AvgIpc) is 2.48. The molecule has 0 saturated heterocycles. The van der Waals surface area contributed by atoms with Gasteiger partial charge in [-0.15, -0.1) is 0 Å². The molecule has 2 rings (SSSR count). The molecule has 1 heterocycles. The lowest BCUT2D eigenvalue weighted by molar-refractivity contribution is -0.125. The van der Waals surface area contributed by atoms with Crippen LogP contribution in [0.4, 0.5) is 0 Å². The van der Waals surface area contributed by atoms with Crippen molar-refractivity contribution in [1.82, 2.24) is 10.3 Å². The lowest BCUT2D eigenvalue weighted by Crippen LogP contribution is -2.45. The molecule has 0 aliphatic heterocycles. The highest BCUT2D eigenvalue weighted by atomic mass is 35.5. The van der Waals surface area contributed by atoms with Gasteiger partial charge in [0.25, 0.3) is 5.91 Å². The minimum Gasteiger partial charge on any atom is -0.452 e. The summed E-state index contributed by atoms with van der Waals surface area (Å²) in [5.41, 5.74) is 0.169. The Kier molecular flexibility index (Phi) is 6.25. The molecule has 23 heavy (non-hydrogen) atoms. The lowest BCUT2D eigenvalue weighted by Gasteiger charge is -2.34. The van der Waals surface area contributed by atoms with Crippen LogP contribution in [-0.2, 0) is 9.53 Å². The first-order valence-corrected chi connectivity index (χ1v) is 8.42. The van der Waals surface area contributed by atoms with E-state index >= 15 is 0 Å². The molecule has 5 nitrogen and oxygen atoms in total. The number of ether oxygens (including phenoxy) is 1. The normalized spacial score (nSPS) is 24.1. The fourth-order valence-corrected chi connectivity index (χ4v) is 3.29. The van der Waals surface area contributed by atoms with Crippen LogP contribution in [0.5, 0.6) is 0 Å². The van der Waals surface area contributed by atoms with E-state index < -0.39 is 5.97 Å². The highest BCUT2D eigenvalue weighted by Gasteiger charge is 2.28. The molecule has 1 fully saturated rings. The maximum Gasteiger partial charge on any atom is 0.338 e. The van der Waals surface area contributed by atoms with Crippen LogP contribution >= 0.6 is 23.2 Å². The van der Waals surface area contributed by atoms with Crippen molar-refractivity contribution in [2.45, 2.75) is 39.2 Å². The summed E-state index contributed by atoms with van der Waals surface area (Å²) in [5.74, 6) is 0.0471. The second kappa shape index (κ2) is 7.97. The molecule has 0 aromatic carbocycles. The summed E-state index contributed by atoms with van der Waals surface area (Å²) < 4.78 is 5.01. The zero-order valence-corrected chi connectivity index (χ0v) is 14.7. The van der Waals surface area contributed by atoms with Gasteiger partial charge in [-0.1, -0.05) is 49.9 Å². The van der Waals surface area contributed by atoms with Gasteiger partial charge in [-0.2, -0.15) is 0 Å². The van der Waals surface area contributed by atoms with Crippen LogP contribution in [0.15, 0.2) is 12.1 Å². The zero-order valence-electron chi connectivity index (χ0n) is 13.1. The summed E-state index contributed by atoms with van der Waals surface area (Å²) in [6, 6.07) is 2.83. The van der Waals surface area contributed by atoms with Gasteiger partial charge in [-0.25, -0.2) is 9.78 Å². The standard InChI is InChI=1S/C16H20Cl2N2O3/c1-9-4-3-5-12(10(9)2)19-15(21)8-23-16(22)11-6-13(17)20-14(18)7-11/h6-7,9-10,12H,3-5,8H2,1-2H3,(H,19,21)/t9-,10+,12+/m1/s1. The van der Waals surface area contributed by atoms with E-state index in [0.29, 0.717) is 11.8 Å². The maximum absolute atomic E-state index is 12.0. The Bertz CT molecular complexity index is 574. The molecule has 1 aliphatic rings. The molecule has 1 N–H and O–H groups in total. The second-order valence-electron chi connectivity index (χ2n) is 6.02. The number of hydrogen-bond acceptors (Lipinski definition) is 4. The molecule has 0 unspecified atom stereocenters. The SMILES string of the molecule is C[C@H]1[C@H](C)CCC[C@@H]1NC(=O)COC(=O)c1cc(Cl)nc(Cl)c1. The predicted molar refractivity (Wildman–Crippen MR) is 88.6 cm³/mol. The van der Waals surface area contributed by atoms with Crippen molar-refractivity contribution < 1.29 is 14.3 Å². The summed E-state index contributed by atoms with van der Waals surface area (Å²) in [6.07, 6.45) is 3.25. The van der Waals surface area contributed by atoms with Crippen molar-refractivity contribution in [3.05, 3.63) is 28.0 Å². The molecule has 1 amide bonds. The van der Waals surface area contributed by atoms with Gasteiger partial charge in [0.15, 0.2) is 6.61 Å². The van der Waals surface area contributed by atoms with Crippen LogP contribution in [0.3, 0.4) is 0 Å². The number of hydrogen-bond donors (Lipinski definition) is 1. The Labute approximate surface area is 145 Å². The largest absolute Gasteiger partial charge is 0.452 e. The number of carbonyl (C=O) groups is 2. The van der Waals surface area contributed by atoms with Crippen LogP contribution in [0.25, 0.3) is 0 Å². The van der Waals surface area contributed by atoms with Gasteiger partial charge in [0.2, 0.25) is 0 Å². The van der Waals surface area contributed by atoms with E-state index in [1.165, 1.54) is 18.6 Å². The van der Waals surface area contributed by atoms with E-state index in [1.54, 1.807) is 0 Å². The van der Waals surface area contributed by atoms with E-state index in [2.05, 4.69) is 24.1 Å². The summed E-state index contributed by atoms with van der Waals surface area (Å²) in [4.78, 5) is 27.6. The van der Waals surface area contributed by atoms with Crippen molar-refractivity contribution in [3.63, 3.8) is 0 Å². The van der Waals surface area contributed by atoms with E-state index in [1.807, 2.05) is 0 Å². The van der Waals surface area contributed by atoms with E-state index in [9.17, 15) is 9.59 Å². The smallest absolute Gasteiger partial charge is 0.338 e. The minimum absolute atomic E-state index is 0.0962. The van der Waals surface area contributed by atoms with Gasteiger partial charge in [-0.3, -0.25) is 4.79 Å². The van der Waals surface area contributed by atoms with Crippen LogP contribution < -0.4 is 5.32 Å². The van der Waals surface area contributed by atoms with Gasteiger partial charge in [0, 0.05) is 6.04 Å². The quantitative estimate of drug-likeness (QED) is 0.660. The summed E-state index contributed by atoms with van der Waals surface area (Å²) in [5, 5.41) is 3.14. The molecule has 0 bridgehead atoms. The Morgan fingerprint density at radius 1 is 1.26 bits per heavy atom. The van der Waals surface area contributed by atoms with Gasteiger partial charge < -0.3 is 10.1 Å². The van der Waals surface area contributed by atoms with Crippen molar-refractivity contribution >= 4 is 35.1 Å². The molecule has 1 aliphatic carbocycles. The Balaban J connectivity index is 1.85. The summed E-state index contributed by atoms with van der Waals surface area (Å²) in [7, 11) is 0. The maximum atomic E-state index is 12.0. The Morgan fingerprint density at radius 3 is 2.57 bits per heavy atom. The number of nitrogens with one attached hydrogen (secondary N) is 1. The van der Waals surface area contributed by atoms with E-state index in [-0.39, 0.29) is 34.4 Å². The molecule has 7 heteroatoms. The third-order valence-electron chi connectivity index (χ3n) is 4.39. The molecule has 3 atom stereocenters. The number of carbonyl (C=O) groups excluding carboxylic acids is 2. The summed E-state index contributed by atoms with van der Waals surface area (Å²) >= 11 is 11.5. The van der Waals surface area contributed by atoms with Crippen molar-refractivity contribution in [2.24, 2.45) is 11.8 Å². The van der Waals surface area contributed by atoms with Crippen molar-refractivity contribution in [2.75, 3.05) is 6.61 Å². The fourth-order valence-electron chi connectivity index (χ4n) is 2.83. The number of pyridine rings is 1. The van der Waals surface area contributed by atoms with Gasteiger partial charge in [-0.05, 0) is 30.4 Å². The number of halogens is 2. The van der Waals surface area contributed by atoms with E-state index in [4.69, 9.17) is 27.9 Å². The number of rotatable bonds is 4. The third-order valence-corrected chi connectivity index (χ3v) is 4.77. The van der Waals surface area contributed by atoms with Crippen molar-refractivity contribution in [3.8, 4) is 0 Å². The second-order valence-corrected chi connectivity index (χ2v) is 6.79. The summed E-state index contributed by atoms with van der Waals surface area (Å²) in [6.45, 7) is 4.01. The van der Waals surface area contributed by atoms with Crippen LogP contribution in [0.2, 0.25) is 10.3 Å². The topological polar surface area (TPSA) is 68.3 Å². The first-order chi connectivity index (χ1) is 10.9. The molecule has 1 saturated carbocycles. The number of amides is 1. The van der Waals surface area contributed by atoms with Gasteiger partial charge in [0.1, 0.15) is 10.3 Å². The molecule has 126 valence electrons. The first kappa shape index (κ1) is 18.0. The molecule has 0 radical (unpaired) electrons. The number of esters is 1. The monoisotopic (exact) mass is 358 g/mol. The first-order valence-electron chi connectivity index (χ1n) is 7.66. The van der Waals surface area contributed by atoms with Crippen LogP contribution in [0, 0.1) is 11.8 Å². The lowest BCUT2D eigenvalue weighted by atomic mass is 9.78. The van der Waals surface area contributed by atoms with Gasteiger partial charge in [0.05, 0.1) is 5.56 Å². The molecule has 1 aromatic rings. The molecular formula is C16H20Cl2N2O3. The average molecular weight is 359 g/mol. The molecular weight excluding hydrogens is 339 g/mol. The minimum atomic E-state index is -0.656. The molecule has 0 spiro atoms. The molecule has 1 aromatic heterocycles. The Hall–Kier alpha value is -1.33. The number of aromatic nitrogens is 1. The van der Waals surface area contributed by atoms with E-state index in [0.717, 1.165) is 12.8 Å². The van der Waals surface area contributed by atoms with Crippen LogP contribution in [-0.4, -0.2) is 29.5 Å². The van der Waals surface area contributed by atoms with Crippen LogP contribution in [0.1, 0.15) is 43.5 Å². The Morgan fingerprint density at radius 2 is 1.91 bits per heavy atom. The fraction of sp³-hybridized carbons (Fsp3) is 0.562. The van der Waals surface area contributed by atoms with Crippen molar-refractivity contribution in [1.29, 1.82) is 0 Å². The third kappa shape index (κ3) is 5.08. The highest BCUT2D eigenvalue weighted by Crippen LogP contribution is 2.29.